The van der Waals surface area contributed by atoms with Crippen molar-refractivity contribution in [3.8, 4) is 0 Å². The van der Waals surface area contributed by atoms with Crippen LogP contribution in [0.4, 0.5) is 5.69 Å². The first-order valence-electron chi connectivity index (χ1n) is 9.34. The lowest BCUT2D eigenvalue weighted by molar-refractivity contribution is -0.133. The number of sulfone groups is 1. The molecule has 29 heavy (non-hydrogen) atoms. The van der Waals surface area contributed by atoms with Crippen LogP contribution in [0.15, 0.2) is 35.4 Å². The van der Waals surface area contributed by atoms with E-state index in [1.54, 1.807) is 6.07 Å². The summed E-state index contributed by atoms with van der Waals surface area (Å²) in [4.78, 5) is 25.2. The van der Waals surface area contributed by atoms with Crippen molar-refractivity contribution in [1.29, 1.82) is 0 Å². The molecule has 4 rings (SSSR count). The average Bonchev–Trinajstić information content (AvgIpc) is 3.05. The number of nitrogens with one attached hydrogen (secondary N) is 1. The number of carbonyl (C=O) groups is 2. The summed E-state index contributed by atoms with van der Waals surface area (Å²) < 4.78 is 23.5. The zero-order valence-corrected chi connectivity index (χ0v) is 17.4. The molecule has 2 aliphatic rings. The summed E-state index contributed by atoms with van der Waals surface area (Å²) in [6, 6.07) is 8.79. The van der Waals surface area contributed by atoms with Gasteiger partial charge in [0.05, 0.1) is 23.2 Å². The van der Waals surface area contributed by atoms with Crippen LogP contribution in [-0.2, 0) is 19.4 Å². The number of amides is 2. The van der Waals surface area contributed by atoms with Crippen molar-refractivity contribution in [3.63, 3.8) is 0 Å². The first-order chi connectivity index (χ1) is 13.7. The Morgan fingerprint density at radius 2 is 1.97 bits per heavy atom. The molecule has 2 aromatic rings. The maximum Gasteiger partial charge on any atom is 0.271 e. The van der Waals surface area contributed by atoms with Crippen molar-refractivity contribution >= 4 is 55.4 Å². The van der Waals surface area contributed by atoms with E-state index in [4.69, 9.17) is 11.6 Å². The van der Waals surface area contributed by atoms with E-state index in [9.17, 15) is 18.0 Å². The minimum Gasteiger partial charge on any atom is -0.320 e. The van der Waals surface area contributed by atoms with E-state index in [0.29, 0.717) is 17.1 Å². The van der Waals surface area contributed by atoms with Crippen LogP contribution in [0.5, 0.6) is 0 Å². The van der Waals surface area contributed by atoms with Gasteiger partial charge in [0.15, 0.2) is 9.84 Å². The molecule has 2 aliphatic heterocycles. The molecule has 1 saturated heterocycles. The van der Waals surface area contributed by atoms with Gasteiger partial charge in [0.25, 0.3) is 5.91 Å². The zero-order valence-electron chi connectivity index (χ0n) is 15.8. The molecule has 152 valence electrons. The molecular weight excluding hydrogens is 414 g/mol. The number of hydrazone groups is 1. The standard InChI is InChI=1S/C20H20ClN3O4S/c1-12-10-16(21)14-4-2-3-5-15(14)19(12)22-20(26)17-6-7-18(25)24(23-17)13-8-9-29(27,28)11-13/h2-5,10,13H,6-9,11H2,1H3,(H,22,26). The molecular formula is C20H20ClN3O4S. The van der Waals surface area contributed by atoms with Crippen molar-refractivity contribution in [1.82, 2.24) is 5.01 Å². The maximum atomic E-state index is 12.9. The smallest absolute Gasteiger partial charge is 0.271 e. The van der Waals surface area contributed by atoms with Crippen LogP contribution in [0.1, 0.15) is 24.8 Å². The van der Waals surface area contributed by atoms with Gasteiger partial charge in [0.1, 0.15) is 5.71 Å². The van der Waals surface area contributed by atoms with Gasteiger partial charge < -0.3 is 5.32 Å². The van der Waals surface area contributed by atoms with Crippen LogP contribution in [-0.4, -0.2) is 48.5 Å². The van der Waals surface area contributed by atoms with Crippen LogP contribution in [0.3, 0.4) is 0 Å². The zero-order chi connectivity index (χ0) is 20.8. The molecule has 0 radical (unpaired) electrons. The molecule has 2 amide bonds. The van der Waals surface area contributed by atoms with Crippen molar-refractivity contribution in [2.24, 2.45) is 5.10 Å². The number of fused-ring (bicyclic) bond motifs is 1. The summed E-state index contributed by atoms with van der Waals surface area (Å²) in [5.74, 6) is -0.734. The van der Waals surface area contributed by atoms with Gasteiger partial charge in [-0.3, -0.25) is 9.59 Å². The molecule has 9 heteroatoms. The SMILES string of the molecule is Cc1cc(Cl)c2ccccc2c1NC(=O)C1=NN(C2CCS(=O)(=O)C2)C(=O)CC1. The molecule has 1 N–H and O–H groups in total. The number of nitrogens with zero attached hydrogens (tertiary/aromatic N) is 2. The Labute approximate surface area is 173 Å². The predicted octanol–water partition coefficient (Wildman–Crippen LogP) is 2.91. The number of halogens is 1. The molecule has 0 aliphatic carbocycles. The van der Waals surface area contributed by atoms with E-state index < -0.39 is 21.8 Å². The minimum absolute atomic E-state index is 0.0362. The minimum atomic E-state index is -3.16. The fraction of sp³-hybridized carbons (Fsp3) is 0.350. The van der Waals surface area contributed by atoms with Crippen molar-refractivity contribution < 1.29 is 18.0 Å². The normalized spacial score (nSPS) is 21.3. The summed E-state index contributed by atoms with van der Waals surface area (Å²) in [5.41, 5.74) is 1.67. The van der Waals surface area contributed by atoms with Gasteiger partial charge in [-0.1, -0.05) is 35.9 Å². The van der Waals surface area contributed by atoms with Gasteiger partial charge in [0.2, 0.25) is 5.91 Å². The summed E-state index contributed by atoms with van der Waals surface area (Å²) in [6.07, 6.45) is 0.682. The third-order valence-corrected chi connectivity index (χ3v) is 7.37. The molecule has 0 aromatic heterocycles. The molecule has 7 nitrogen and oxygen atoms in total. The van der Waals surface area contributed by atoms with Crippen molar-refractivity contribution in [2.45, 2.75) is 32.2 Å². The number of rotatable bonds is 3. The summed E-state index contributed by atoms with van der Waals surface area (Å²) in [7, 11) is -3.16. The number of hydrogen-bond acceptors (Lipinski definition) is 5. The van der Waals surface area contributed by atoms with Gasteiger partial charge in [-0.25, -0.2) is 13.4 Å². The third-order valence-electron chi connectivity index (χ3n) is 5.31. The second-order valence-electron chi connectivity index (χ2n) is 7.39. The fourth-order valence-corrected chi connectivity index (χ4v) is 5.82. The highest BCUT2D eigenvalue weighted by atomic mass is 35.5. The van der Waals surface area contributed by atoms with Gasteiger partial charge >= 0.3 is 0 Å². The molecule has 2 heterocycles. The lowest BCUT2D eigenvalue weighted by Crippen LogP contribution is -2.42. The summed E-state index contributed by atoms with van der Waals surface area (Å²) in [5, 5.41) is 10.6. The molecule has 2 aromatic carbocycles. The van der Waals surface area contributed by atoms with E-state index in [1.807, 2.05) is 31.2 Å². The summed E-state index contributed by atoms with van der Waals surface area (Å²) >= 11 is 6.32. The van der Waals surface area contributed by atoms with Gasteiger partial charge in [-0.2, -0.15) is 5.10 Å². The average molecular weight is 434 g/mol. The van der Waals surface area contributed by atoms with E-state index in [0.717, 1.165) is 16.3 Å². The Morgan fingerprint density at radius 3 is 2.66 bits per heavy atom. The van der Waals surface area contributed by atoms with E-state index in [1.165, 1.54) is 5.01 Å². The Bertz CT molecular complexity index is 1160. The van der Waals surface area contributed by atoms with Crippen molar-refractivity contribution in [2.75, 3.05) is 16.8 Å². The van der Waals surface area contributed by atoms with Crippen LogP contribution in [0.25, 0.3) is 10.8 Å². The maximum absolute atomic E-state index is 12.9. The Morgan fingerprint density at radius 1 is 1.24 bits per heavy atom. The second kappa shape index (κ2) is 7.42. The van der Waals surface area contributed by atoms with Crippen LogP contribution < -0.4 is 5.32 Å². The van der Waals surface area contributed by atoms with Crippen LogP contribution >= 0.6 is 11.6 Å². The lowest BCUT2D eigenvalue weighted by atomic mass is 10.0. The molecule has 1 unspecified atom stereocenters. The van der Waals surface area contributed by atoms with Gasteiger partial charge in [0, 0.05) is 28.6 Å². The number of carbonyl (C=O) groups excluding carboxylic acids is 2. The van der Waals surface area contributed by atoms with E-state index in [-0.39, 0.29) is 36.0 Å². The lowest BCUT2D eigenvalue weighted by Gasteiger charge is -2.27. The topological polar surface area (TPSA) is 95.9 Å². The highest BCUT2D eigenvalue weighted by molar-refractivity contribution is 7.91. The van der Waals surface area contributed by atoms with E-state index in [2.05, 4.69) is 10.4 Å². The summed E-state index contributed by atoms with van der Waals surface area (Å²) in [6.45, 7) is 1.86. The molecule has 1 fully saturated rings. The molecule has 0 bridgehead atoms. The van der Waals surface area contributed by atoms with Gasteiger partial charge in [-0.15, -0.1) is 0 Å². The largest absolute Gasteiger partial charge is 0.320 e. The quantitative estimate of drug-likeness (QED) is 0.804. The Kier molecular flexibility index (Phi) is 5.08. The fourth-order valence-electron chi connectivity index (χ4n) is 3.80. The van der Waals surface area contributed by atoms with Crippen LogP contribution in [0.2, 0.25) is 5.02 Å². The molecule has 0 spiro atoms. The number of hydrogen-bond donors (Lipinski definition) is 1. The highest BCUT2D eigenvalue weighted by Crippen LogP contribution is 2.33. The molecule has 0 saturated carbocycles. The second-order valence-corrected chi connectivity index (χ2v) is 10.0. The number of aryl methyl sites for hydroxylation is 1. The van der Waals surface area contributed by atoms with Crippen LogP contribution in [0, 0.1) is 6.92 Å². The molecule has 1 atom stereocenters. The highest BCUT2D eigenvalue weighted by Gasteiger charge is 2.37. The van der Waals surface area contributed by atoms with E-state index >= 15 is 0 Å². The first-order valence-corrected chi connectivity index (χ1v) is 11.5. The Hall–Kier alpha value is -2.45. The third kappa shape index (κ3) is 3.86. The first kappa shape index (κ1) is 19.8. The monoisotopic (exact) mass is 433 g/mol. The van der Waals surface area contributed by atoms with Crippen molar-refractivity contribution in [3.05, 3.63) is 40.9 Å². The van der Waals surface area contributed by atoms with Gasteiger partial charge in [-0.05, 0) is 25.0 Å². The number of benzene rings is 2. The Balaban J connectivity index is 1.63. The predicted molar refractivity (Wildman–Crippen MR) is 113 cm³/mol. The number of anilines is 1.